The van der Waals surface area contributed by atoms with Crippen LogP contribution in [0.15, 0.2) is 84.9 Å². The van der Waals surface area contributed by atoms with Crippen molar-refractivity contribution in [1.82, 2.24) is 20.9 Å². The van der Waals surface area contributed by atoms with Crippen LogP contribution in [0.1, 0.15) is 110 Å². The molecule has 0 bridgehead atoms. The van der Waals surface area contributed by atoms with Gasteiger partial charge in [-0.25, -0.2) is 4.79 Å². The van der Waals surface area contributed by atoms with Crippen molar-refractivity contribution in [2.45, 2.75) is 102 Å². The van der Waals surface area contributed by atoms with E-state index in [1.54, 1.807) is 23.1 Å². The molecular formula is C43H54N4O8. The third-order valence-electron chi connectivity index (χ3n) is 9.23. The van der Waals surface area contributed by atoms with Crippen molar-refractivity contribution < 1.29 is 38.2 Å². The zero-order valence-electron chi connectivity index (χ0n) is 32.3. The summed E-state index contributed by atoms with van der Waals surface area (Å²) in [5, 5.41) is 8.50. The number of methoxy groups -OCH3 is 1. The van der Waals surface area contributed by atoms with Gasteiger partial charge >= 0.3 is 12.1 Å². The van der Waals surface area contributed by atoms with Crippen molar-refractivity contribution in [3.8, 4) is 0 Å². The molecule has 55 heavy (non-hydrogen) atoms. The molecule has 3 aromatic carbocycles. The normalized spacial score (nSPS) is 15.2. The van der Waals surface area contributed by atoms with Crippen LogP contribution in [0.2, 0.25) is 0 Å². The number of unbranched alkanes of at least 4 members (excludes halogenated alkanes) is 1. The molecule has 4 rings (SSSR count). The lowest BCUT2D eigenvalue weighted by atomic mass is 10.1. The number of nitrogens with zero attached hydrogens (tertiary/aromatic N) is 1. The Hall–Kier alpha value is -5.52. The van der Waals surface area contributed by atoms with Gasteiger partial charge in [0.15, 0.2) is 0 Å². The molecule has 294 valence electrons. The van der Waals surface area contributed by atoms with Crippen molar-refractivity contribution in [2.75, 3.05) is 20.2 Å². The average molecular weight is 755 g/mol. The zero-order valence-corrected chi connectivity index (χ0v) is 32.3. The molecule has 0 aliphatic heterocycles. The smallest absolute Gasteiger partial charge is 0.410 e. The topological polar surface area (TPSA) is 160 Å². The van der Waals surface area contributed by atoms with Gasteiger partial charge in [0.05, 0.1) is 7.11 Å². The maximum atomic E-state index is 13.5. The van der Waals surface area contributed by atoms with E-state index >= 15 is 0 Å². The lowest BCUT2D eigenvalue weighted by molar-refractivity contribution is -0.140. The van der Waals surface area contributed by atoms with Gasteiger partial charge in [0.25, 0.3) is 11.8 Å². The van der Waals surface area contributed by atoms with E-state index in [4.69, 9.17) is 4.74 Å². The molecule has 0 heterocycles. The molecule has 2 unspecified atom stereocenters. The molecule has 0 radical (unpaired) electrons. The molecule has 3 N–H and O–H groups in total. The Kier molecular flexibility index (Phi) is 16.0. The van der Waals surface area contributed by atoms with Gasteiger partial charge in [-0.05, 0) is 82.2 Å². The molecule has 0 aromatic heterocycles. The summed E-state index contributed by atoms with van der Waals surface area (Å²) in [6.07, 6.45) is 2.76. The first kappa shape index (κ1) is 42.2. The fourth-order valence-electron chi connectivity index (χ4n) is 6.22. The highest BCUT2D eigenvalue weighted by atomic mass is 16.6. The number of carbonyl (C=O) groups excluding carboxylic acids is 6. The summed E-state index contributed by atoms with van der Waals surface area (Å²) >= 11 is 0. The van der Waals surface area contributed by atoms with Crippen LogP contribution in [0.3, 0.4) is 0 Å². The maximum Gasteiger partial charge on any atom is 0.410 e. The predicted octanol–water partition coefficient (Wildman–Crippen LogP) is 6.10. The minimum Gasteiger partial charge on any atom is -0.469 e. The van der Waals surface area contributed by atoms with Gasteiger partial charge in [-0.2, -0.15) is 0 Å². The second-order valence-electron chi connectivity index (χ2n) is 14.8. The number of ether oxygens (including phenoxy) is 2. The van der Waals surface area contributed by atoms with Gasteiger partial charge in [0, 0.05) is 62.0 Å². The van der Waals surface area contributed by atoms with E-state index in [0.29, 0.717) is 32.2 Å². The van der Waals surface area contributed by atoms with E-state index in [1.165, 1.54) is 18.7 Å². The summed E-state index contributed by atoms with van der Waals surface area (Å²) in [4.78, 5) is 78.5. The van der Waals surface area contributed by atoms with Gasteiger partial charge in [-0.15, -0.1) is 0 Å². The van der Waals surface area contributed by atoms with E-state index in [-0.39, 0.29) is 79.2 Å². The number of rotatable bonds is 20. The monoisotopic (exact) mass is 754 g/mol. The summed E-state index contributed by atoms with van der Waals surface area (Å²) in [6, 6.07) is 24.9. The molecular weight excluding hydrogens is 700 g/mol. The van der Waals surface area contributed by atoms with Crippen molar-refractivity contribution >= 4 is 35.6 Å². The van der Waals surface area contributed by atoms with Crippen molar-refractivity contribution in [1.29, 1.82) is 0 Å². The molecule has 12 nitrogen and oxygen atoms in total. The molecule has 4 amide bonds. The highest BCUT2D eigenvalue weighted by molar-refractivity contribution is 6.01. The summed E-state index contributed by atoms with van der Waals surface area (Å²) in [5.41, 5.74) is 1.87. The predicted molar refractivity (Wildman–Crippen MR) is 208 cm³/mol. The number of esters is 1. The van der Waals surface area contributed by atoms with Crippen LogP contribution < -0.4 is 16.0 Å². The Morgan fingerprint density at radius 3 is 2.13 bits per heavy atom. The zero-order chi connectivity index (χ0) is 39.8. The molecule has 1 aliphatic rings. The molecule has 1 fully saturated rings. The van der Waals surface area contributed by atoms with Crippen LogP contribution in [0.4, 0.5) is 4.79 Å². The fourth-order valence-corrected chi connectivity index (χ4v) is 6.22. The number of carbonyl (C=O) groups is 6. The third-order valence-corrected chi connectivity index (χ3v) is 9.23. The van der Waals surface area contributed by atoms with Gasteiger partial charge in [0.1, 0.15) is 17.4 Å². The van der Waals surface area contributed by atoms with Crippen LogP contribution >= 0.6 is 0 Å². The second kappa shape index (κ2) is 20.8. The van der Waals surface area contributed by atoms with Crippen LogP contribution in [0.25, 0.3) is 0 Å². The number of amides is 4. The Labute approximate surface area is 323 Å². The first-order chi connectivity index (χ1) is 26.3. The highest BCUT2D eigenvalue weighted by Crippen LogP contribution is 2.45. The lowest BCUT2D eigenvalue weighted by Crippen LogP contribution is -2.46. The van der Waals surface area contributed by atoms with Gasteiger partial charge in [0.2, 0.25) is 5.91 Å². The number of ketones is 1. The Bertz CT molecular complexity index is 1760. The fraction of sp³-hybridized carbons (Fsp3) is 0.442. The molecule has 0 saturated heterocycles. The second-order valence-corrected chi connectivity index (χ2v) is 14.8. The standard InChI is InChI=1S/C43H54N4O8/c1-43(2,3)55-42(53)47(37-28-35(37)31-17-9-6-10-18-31)26-12-11-22-36(41(52)45-29-30-15-7-5-8-16-30)46-40(51)33-20-13-19-32(27-33)39(50)44-25-24-34(48)21-14-23-38(49)54-4/h5-10,13,15-20,27,35-37H,11-12,14,21-26,28-29H2,1-4H3,(H,44,50)(H,45,52)(H,46,51)/t35?,36-,37?/m0/s1. The minimum atomic E-state index is -0.883. The van der Waals surface area contributed by atoms with Gasteiger partial charge in [-0.1, -0.05) is 66.7 Å². The van der Waals surface area contributed by atoms with E-state index in [2.05, 4.69) is 32.8 Å². The SMILES string of the molecule is COC(=O)CCCC(=O)CCNC(=O)c1cccc(C(=O)N[C@@H](CCCCN(C(=O)OC(C)(C)C)C2CC2c2ccccc2)C(=O)NCc2ccccc2)c1. The van der Waals surface area contributed by atoms with E-state index in [9.17, 15) is 28.8 Å². The van der Waals surface area contributed by atoms with Gasteiger partial charge in [-0.3, -0.25) is 24.0 Å². The molecule has 1 saturated carbocycles. The number of Topliss-reactive ketones (excluding diaryl/α,β-unsaturated/α-hetero) is 1. The summed E-state index contributed by atoms with van der Waals surface area (Å²) in [5.74, 6) is -1.55. The largest absolute Gasteiger partial charge is 0.469 e. The Morgan fingerprint density at radius 2 is 1.45 bits per heavy atom. The Morgan fingerprint density at radius 1 is 0.782 bits per heavy atom. The van der Waals surface area contributed by atoms with Crippen molar-refractivity contribution in [3.05, 3.63) is 107 Å². The molecule has 12 heteroatoms. The quantitative estimate of drug-likeness (QED) is 0.0923. The molecule has 3 aromatic rings. The number of hydrogen-bond acceptors (Lipinski definition) is 8. The third kappa shape index (κ3) is 14.3. The first-order valence-electron chi connectivity index (χ1n) is 19.0. The highest BCUT2D eigenvalue weighted by Gasteiger charge is 2.45. The van der Waals surface area contributed by atoms with Crippen LogP contribution in [0.5, 0.6) is 0 Å². The Balaban J connectivity index is 1.36. The number of benzene rings is 3. The van der Waals surface area contributed by atoms with E-state index < -0.39 is 23.5 Å². The van der Waals surface area contributed by atoms with E-state index in [0.717, 1.165) is 12.0 Å². The number of hydrogen-bond donors (Lipinski definition) is 3. The van der Waals surface area contributed by atoms with Crippen LogP contribution in [0, 0.1) is 0 Å². The van der Waals surface area contributed by atoms with E-state index in [1.807, 2.05) is 69.3 Å². The summed E-state index contributed by atoms with van der Waals surface area (Å²) in [7, 11) is 1.29. The minimum absolute atomic E-state index is 0.0184. The van der Waals surface area contributed by atoms with Crippen LogP contribution in [-0.2, 0) is 30.4 Å². The van der Waals surface area contributed by atoms with Gasteiger partial charge < -0.3 is 30.3 Å². The maximum absolute atomic E-state index is 13.5. The summed E-state index contributed by atoms with van der Waals surface area (Å²) in [6.45, 7) is 6.35. The molecule has 3 atom stereocenters. The molecule has 0 spiro atoms. The van der Waals surface area contributed by atoms with Crippen molar-refractivity contribution in [2.24, 2.45) is 0 Å². The first-order valence-corrected chi connectivity index (χ1v) is 19.0. The van der Waals surface area contributed by atoms with Crippen molar-refractivity contribution in [3.63, 3.8) is 0 Å². The lowest BCUT2D eigenvalue weighted by Gasteiger charge is -2.28. The molecule has 1 aliphatic carbocycles. The summed E-state index contributed by atoms with van der Waals surface area (Å²) < 4.78 is 10.4. The average Bonchev–Trinajstić information content (AvgIpc) is 3.97. The number of nitrogens with one attached hydrogen (secondary N) is 3. The van der Waals surface area contributed by atoms with Crippen LogP contribution in [-0.4, -0.2) is 78.4 Å².